The van der Waals surface area contributed by atoms with Crippen molar-refractivity contribution in [2.75, 3.05) is 0 Å². The van der Waals surface area contributed by atoms with Crippen molar-refractivity contribution in [3.05, 3.63) is 53.9 Å². The van der Waals surface area contributed by atoms with Crippen LogP contribution in [0.25, 0.3) is 0 Å². The van der Waals surface area contributed by atoms with Gasteiger partial charge >= 0.3 is 0 Å². The van der Waals surface area contributed by atoms with Gasteiger partial charge in [0.2, 0.25) is 0 Å². The molecule has 0 radical (unpaired) electrons. The van der Waals surface area contributed by atoms with E-state index in [9.17, 15) is 0 Å². The van der Waals surface area contributed by atoms with Gasteiger partial charge in [0.1, 0.15) is 0 Å². The summed E-state index contributed by atoms with van der Waals surface area (Å²) in [4.78, 5) is 0. The van der Waals surface area contributed by atoms with Crippen molar-refractivity contribution < 1.29 is 0 Å². The Hall–Kier alpha value is -1.61. The largest absolute Gasteiger partial charge is 0.321 e. The van der Waals surface area contributed by atoms with Gasteiger partial charge in [0, 0.05) is 24.3 Å². The molecule has 2 rings (SSSR count). The summed E-state index contributed by atoms with van der Waals surface area (Å²) in [6, 6.07) is 10.4. The maximum absolute atomic E-state index is 6.51. The molecule has 3 heteroatoms. The number of aryl methyl sites for hydroxylation is 1. The summed E-state index contributed by atoms with van der Waals surface area (Å²) in [5, 5.41) is 4.21. The zero-order valence-corrected chi connectivity index (χ0v) is 10.4. The molecule has 0 amide bonds. The van der Waals surface area contributed by atoms with Crippen LogP contribution < -0.4 is 5.73 Å². The van der Waals surface area contributed by atoms with Crippen LogP contribution >= 0.6 is 0 Å². The number of hydrogen-bond donors (Lipinski definition) is 1. The molecule has 0 aliphatic rings. The van der Waals surface area contributed by atoms with Crippen LogP contribution in [0, 0.1) is 0 Å². The van der Waals surface area contributed by atoms with Crippen LogP contribution in [0.1, 0.15) is 24.5 Å². The summed E-state index contributed by atoms with van der Waals surface area (Å²) < 4.78 is 1.80. The molecule has 1 aromatic heterocycles. The second kappa shape index (κ2) is 4.72. The topological polar surface area (TPSA) is 43.8 Å². The SMILES string of the molecule is CCC(N)(Cc1ccccc1)c1cnn(C)c1. The number of aromatic nitrogens is 2. The molecular weight excluding hydrogens is 210 g/mol. The third-order valence-electron chi connectivity index (χ3n) is 3.27. The molecule has 0 saturated carbocycles. The Morgan fingerprint density at radius 2 is 2.00 bits per heavy atom. The second-order valence-corrected chi connectivity index (χ2v) is 4.57. The summed E-state index contributed by atoms with van der Waals surface area (Å²) >= 11 is 0. The smallest absolute Gasteiger partial charge is 0.0540 e. The van der Waals surface area contributed by atoms with Crippen molar-refractivity contribution in [3.63, 3.8) is 0 Å². The fraction of sp³-hybridized carbons (Fsp3) is 0.357. The molecule has 0 spiro atoms. The maximum Gasteiger partial charge on any atom is 0.0540 e. The van der Waals surface area contributed by atoms with E-state index in [0.717, 1.165) is 18.4 Å². The number of hydrogen-bond acceptors (Lipinski definition) is 2. The van der Waals surface area contributed by atoms with E-state index < -0.39 is 0 Å². The van der Waals surface area contributed by atoms with Gasteiger partial charge in [-0.3, -0.25) is 4.68 Å². The van der Waals surface area contributed by atoms with Crippen LogP contribution in [0.3, 0.4) is 0 Å². The highest BCUT2D eigenvalue weighted by molar-refractivity contribution is 5.24. The standard InChI is InChI=1S/C14H19N3/c1-3-14(15,13-10-16-17(2)11-13)9-12-7-5-4-6-8-12/h4-8,10-11H,3,9,15H2,1-2H3. The monoisotopic (exact) mass is 229 g/mol. The quantitative estimate of drug-likeness (QED) is 0.873. The van der Waals surface area contributed by atoms with Crippen molar-refractivity contribution in [1.29, 1.82) is 0 Å². The number of rotatable bonds is 4. The summed E-state index contributed by atoms with van der Waals surface area (Å²) in [6.07, 6.45) is 5.61. The van der Waals surface area contributed by atoms with E-state index in [0.29, 0.717) is 0 Å². The first kappa shape index (κ1) is 11.9. The molecule has 1 aromatic carbocycles. The highest BCUT2D eigenvalue weighted by Crippen LogP contribution is 2.26. The third kappa shape index (κ3) is 2.56. The van der Waals surface area contributed by atoms with Gasteiger partial charge < -0.3 is 5.73 Å². The average molecular weight is 229 g/mol. The minimum absolute atomic E-state index is 0.324. The molecule has 2 aromatic rings. The first-order valence-electron chi connectivity index (χ1n) is 5.96. The van der Waals surface area contributed by atoms with Crippen molar-refractivity contribution in [2.24, 2.45) is 12.8 Å². The molecule has 1 unspecified atom stereocenters. The van der Waals surface area contributed by atoms with Gasteiger partial charge in [0.25, 0.3) is 0 Å². The molecule has 0 aliphatic carbocycles. The molecular formula is C14H19N3. The van der Waals surface area contributed by atoms with Crippen LogP contribution in [0.5, 0.6) is 0 Å². The zero-order chi connectivity index (χ0) is 12.3. The van der Waals surface area contributed by atoms with Gasteiger partial charge in [-0.15, -0.1) is 0 Å². The Balaban J connectivity index is 2.26. The van der Waals surface area contributed by atoms with E-state index in [1.807, 2.05) is 25.5 Å². The summed E-state index contributed by atoms with van der Waals surface area (Å²) in [7, 11) is 1.92. The van der Waals surface area contributed by atoms with E-state index in [-0.39, 0.29) is 5.54 Å². The van der Waals surface area contributed by atoms with Gasteiger partial charge in [-0.05, 0) is 18.4 Å². The third-order valence-corrected chi connectivity index (χ3v) is 3.27. The molecule has 90 valence electrons. The number of nitrogens with zero attached hydrogens (tertiary/aromatic N) is 2. The van der Waals surface area contributed by atoms with Crippen molar-refractivity contribution in [1.82, 2.24) is 9.78 Å². The molecule has 1 atom stereocenters. The molecule has 0 bridgehead atoms. The van der Waals surface area contributed by atoms with Crippen LogP contribution in [0.4, 0.5) is 0 Å². The fourth-order valence-electron chi connectivity index (χ4n) is 2.07. The normalized spacial score (nSPS) is 14.5. The lowest BCUT2D eigenvalue weighted by Crippen LogP contribution is -2.38. The van der Waals surface area contributed by atoms with Gasteiger partial charge in [-0.1, -0.05) is 37.3 Å². The molecule has 0 fully saturated rings. The van der Waals surface area contributed by atoms with Crippen molar-refractivity contribution in [3.8, 4) is 0 Å². The van der Waals surface area contributed by atoms with Gasteiger partial charge in [-0.25, -0.2) is 0 Å². The van der Waals surface area contributed by atoms with E-state index in [1.54, 1.807) is 4.68 Å². The van der Waals surface area contributed by atoms with Crippen molar-refractivity contribution >= 4 is 0 Å². The molecule has 3 nitrogen and oxygen atoms in total. The van der Waals surface area contributed by atoms with Crippen LogP contribution in [-0.4, -0.2) is 9.78 Å². The Kier molecular flexibility index (Phi) is 3.29. The van der Waals surface area contributed by atoms with E-state index >= 15 is 0 Å². The Morgan fingerprint density at radius 1 is 1.29 bits per heavy atom. The molecule has 0 aliphatic heterocycles. The first-order valence-corrected chi connectivity index (χ1v) is 5.96. The second-order valence-electron chi connectivity index (χ2n) is 4.57. The minimum atomic E-state index is -0.324. The van der Waals surface area contributed by atoms with Crippen molar-refractivity contribution in [2.45, 2.75) is 25.3 Å². The summed E-state index contributed by atoms with van der Waals surface area (Å²) in [6.45, 7) is 2.12. The Bertz CT molecular complexity index is 475. The Labute approximate surface area is 102 Å². The highest BCUT2D eigenvalue weighted by atomic mass is 15.2. The van der Waals surface area contributed by atoms with E-state index in [4.69, 9.17) is 5.73 Å². The average Bonchev–Trinajstić information content (AvgIpc) is 2.78. The van der Waals surface area contributed by atoms with Gasteiger partial charge in [0.15, 0.2) is 0 Å². The fourth-order valence-corrected chi connectivity index (χ4v) is 2.07. The summed E-state index contributed by atoms with van der Waals surface area (Å²) in [5.74, 6) is 0. The first-order chi connectivity index (χ1) is 8.14. The maximum atomic E-state index is 6.51. The number of benzene rings is 1. The molecule has 2 N–H and O–H groups in total. The lowest BCUT2D eigenvalue weighted by atomic mass is 9.84. The number of nitrogens with two attached hydrogens (primary N) is 1. The van der Waals surface area contributed by atoms with E-state index in [2.05, 4.69) is 36.3 Å². The predicted octanol–water partition coefficient (Wildman–Crippen LogP) is 2.23. The van der Waals surface area contributed by atoms with Gasteiger partial charge in [0.05, 0.1) is 6.20 Å². The van der Waals surface area contributed by atoms with E-state index in [1.165, 1.54) is 5.56 Å². The molecule has 0 saturated heterocycles. The molecule has 17 heavy (non-hydrogen) atoms. The summed E-state index contributed by atoms with van der Waals surface area (Å²) in [5.41, 5.74) is 8.55. The lowest BCUT2D eigenvalue weighted by Gasteiger charge is -2.27. The zero-order valence-electron chi connectivity index (χ0n) is 10.4. The minimum Gasteiger partial charge on any atom is -0.321 e. The van der Waals surface area contributed by atoms with Crippen LogP contribution in [0.2, 0.25) is 0 Å². The predicted molar refractivity (Wildman–Crippen MR) is 69.5 cm³/mol. The van der Waals surface area contributed by atoms with Crippen LogP contribution in [-0.2, 0) is 19.0 Å². The van der Waals surface area contributed by atoms with Gasteiger partial charge in [-0.2, -0.15) is 5.10 Å². The Morgan fingerprint density at radius 3 is 2.53 bits per heavy atom. The lowest BCUT2D eigenvalue weighted by molar-refractivity contribution is 0.424. The molecule has 1 heterocycles. The highest BCUT2D eigenvalue weighted by Gasteiger charge is 2.26. The van der Waals surface area contributed by atoms with Crippen LogP contribution in [0.15, 0.2) is 42.7 Å².